The number of nitrogens with one attached hydrogen (secondary N) is 2. The van der Waals surface area contributed by atoms with Crippen LogP contribution in [0.15, 0.2) is 54.2 Å². The molecule has 0 saturated carbocycles. The monoisotopic (exact) mass is 439 g/mol. The van der Waals surface area contributed by atoms with E-state index < -0.39 is 28.7 Å². The van der Waals surface area contributed by atoms with Gasteiger partial charge in [0, 0.05) is 17.7 Å². The molecule has 0 fully saturated rings. The molecule has 0 bridgehead atoms. The highest BCUT2D eigenvalue weighted by Crippen LogP contribution is 2.22. The van der Waals surface area contributed by atoms with Gasteiger partial charge in [-0.3, -0.25) is 24.5 Å². The lowest BCUT2D eigenvalue weighted by Gasteiger charge is -2.19. The topological polar surface area (TPSA) is 139 Å². The van der Waals surface area contributed by atoms with Crippen LogP contribution in [0.5, 0.6) is 0 Å². The fourth-order valence-corrected chi connectivity index (χ4v) is 2.71. The standard InChI is InChI=1S/C23H25N3O6/c1-14(22(29)30)24-21(28)19(13-15-6-5-7-18(12-15)26(31)32)25-20(27)16-8-10-17(11-9-16)23(2,3)4/h5-14H,1-4H3,(H,24,28)(H,25,27)(H,29,30)/b19-13-/t14-/m1/s1. The van der Waals surface area contributed by atoms with Crippen molar-refractivity contribution in [3.8, 4) is 0 Å². The normalized spacial score (nSPS) is 12.6. The third kappa shape index (κ3) is 6.49. The van der Waals surface area contributed by atoms with Gasteiger partial charge in [0.05, 0.1) is 4.92 Å². The Morgan fingerprint density at radius 3 is 2.25 bits per heavy atom. The number of nitrogens with zero attached hydrogens (tertiary/aromatic N) is 1. The molecule has 0 aliphatic rings. The van der Waals surface area contributed by atoms with Crippen molar-refractivity contribution in [2.75, 3.05) is 0 Å². The second-order valence-electron chi connectivity index (χ2n) is 8.22. The molecule has 0 spiro atoms. The average Bonchev–Trinajstić information content (AvgIpc) is 2.72. The van der Waals surface area contributed by atoms with E-state index in [2.05, 4.69) is 10.6 Å². The number of carbonyl (C=O) groups excluding carboxylic acids is 2. The maximum Gasteiger partial charge on any atom is 0.325 e. The predicted molar refractivity (Wildman–Crippen MR) is 119 cm³/mol. The number of aliphatic carboxylic acids is 1. The first-order valence-corrected chi connectivity index (χ1v) is 9.80. The molecule has 2 rings (SSSR count). The molecule has 0 unspecified atom stereocenters. The van der Waals surface area contributed by atoms with E-state index in [0.29, 0.717) is 5.56 Å². The van der Waals surface area contributed by atoms with Gasteiger partial charge in [-0.15, -0.1) is 0 Å². The molecule has 9 nitrogen and oxygen atoms in total. The van der Waals surface area contributed by atoms with Crippen molar-refractivity contribution in [3.63, 3.8) is 0 Å². The van der Waals surface area contributed by atoms with E-state index in [9.17, 15) is 24.5 Å². The second-order valence-corrected chi connectivity index (χ2v) is 8.22. The number of benzene rings is 2. The summed E-state index contributed by atoms with van der Waals surface area (Å²) in [6, 6.07) is 11.1. The van der Waals surface area contributed by atoms with Crippen LogP contribution in [-0.4, -0.2) is 33.9 Å². The van der Waals surface area contributed by atoms with Crippen molar-refractivity contribution in [2.45, 2.75) is 39.2 Å². The number of hydrogen-bond donors (Lipinski definition) is 3. The second kappa shape index (κ2) is 9.86. The molecule has 32 heavy (non-hydrogen) atoms. The smallest absolute Gasteiger partial charge is 0.325 e. The summed E-state index contributed by atoms with van der Waals surface area (Å²) >= 11 is 0. The summed E-state index contributed by atoms with van der Waals surface area (Å²) in [6.45, 7) is 7.39. The van der Waals surface area contributed by atoms with Gasteiger partial charge in [-0.25, -0.2) is 0 Å². The minimum Gasteiger partial charge on any atom is -0.480 e. The Kier molecular flexibility index (Phi) is 7.48. The minimum atomic E-state index is -1.25. The van der Waals surface area contributed by atoms with Gasteiger partial charge in [-0.05, 0) is 41.7 Å². The number of rotatable bonds is 7. The van der Waals surface area contributed by atoms with E-state index in [1.165, 1.54) is 37.3 Å². The van der Waals surface area contributed by atoms with Gasteiger partial charge in [0.1, 0.15) is 11.7 Å². The fraction of sp³-hybridized carbons (Fsp3) is 0.261. The van der Waals surface area contributed by atoms with Crippen LogP contribution in [0.4, 0.5) is 5.69 Å². The van der Waals surface area contributed by atoms with Crippen molar-refractivity contribution in [2.24, 2.45) is 0 Å². The van der Waals surface area contributed by atoms with Crippen molar-refractivity contribution in [1.29, 1.82) is 0 Å². The molecule has 1 atom stereocenters. The van der Waals surface area contributed by atoms with Crippen molar-refractivity contribution < 1.29 is 24.4 Å². The third-order valence-electron chi connectivity index (χ3n) is 4.62. The van der Waals surface area contributed by atoms with Crippen LogP contribution < -0.4 is 10.6 Å². The predicted octanol–water partition coefficient (Wildman–Crippen LogP) is 3.25. The van der Waals surface area contributed by atoms with Crippen LogP contribution in [0.25, 0.3) is 6.08 Å². The van der Waals surface area contributed by atoms with Gasteiger partial charge in [0.2, 0.25) is 0 Å². The third-order valence-corrected chi connectivity index (χ3v) is 4.62. The van der Waals surface area contributed by atoms with Gasteiger partial charge >= 0.3 is 5.97 Å². The zero-order valence-electron chi connectivity index (χ0n) is 18.2. The first kappa shape index (κ1) is 24.3. The summed E-state index contributed by atoms with van der Waals surface area (Å²) in [5, 5.41) is 24.8. The molecule has 9 heteroatoms. The first-order valence-electron chi connectivity index (χ1n) is 9.80. The van der Waals surface area contributed by atoms with Gasteiger partial charge in [-0.1, -0.05) is 45.0 Å². The van der Waals surface area contributed by atoms with Crippen LogP contribution in [0.1, 0.15) is 49.2 Å². The summed E-state index contributed by atoms with van der Waals surface area (Å²) < 4.78 is 0. The first-order chi connectivity index (χ1) is 14.9. The average molecular weight is 439 g/mol. The molecule has 0 aromatic heterocycles. The van der Waals surface area contributed by atoms with E-state index in [-0.39, 0.29) is 22.4 Å². The quantitative estimate of drug-likeness (QED) is 0.344. The Labute approximate surface area is 185 Å². The molecular weight excluding hydrogens is 414 g/mol. The summed E-state index contributed by atoms with van der Waals surface area (Å²) in [4.78, 5) is 46.9. The highest BCUT2D eigenvalue weighted by atomic mass is 16.6. The van der Waals surface area contributed by atoms with Crippen LogP contribution >= 0.6 is 0 Å². The Hall–Kier alpha value is -4.01. The van der Waals surface area contributed by atoms with E-state index in [1.807, 2.05) is 32.9 Å². The fourth-order valence-electron chi connectivity index (χ4n) is 2.71. The Morgan fingerprint density at radius 1 is 1.09 bits per heavy atom. The molecule has 0 saturated heterocycles. The summed E-state index contributed by atoms with van der Waals surface area (Å²) in [5.74, 6) is -2.68. The zero-order chi connectivity index (χ0) is 24.1. The number of hydrogen-bond acceptors (Lipinski definition) is 5. The molecule has 168 valence electrons. The lowest BCUT2D eigenvalue weighted by atomic mass is 9.87. The van der Waals surface area contributed by atoms with Gasteiger partial charge in [-0.2, -0.15) is 0 Å². The number of non-ortho nitro benzene ring substituents is 1. The van der Waals surface area contributed by atoms with Crippen molar-refractivity contribution >= 4 is 29.5 Å². The number of carboxylic acid groups (broad SMARTS) is 1. The summed E-state index contributed by atoms with van der Waals surface area (Å²) in [6.07, 6.45) is 1.25. The molecular formula is C23H25N3O6. The SMILES string of the molecule is C[C@@H](NC(=O)/C(=C/c1cccc([N+](=O)[O-])c1)NC(=O)c1ccc(C(C)(C)C)cc1)C(=O)O. The maximum absolute atomic E-state index is 12.7. The molecule has 0 heterocycles. The Bertz CT molecular complexity index is 1070. The Balaban J connectivity index is 2.36. The number of nitro groups is 1. The van der Waals surface area contributed by atoms with Gasteiger partial charge in [0.15, 0.2) is 0 Å². The van der Waals surface area contributed by atoms with Gasteiger partial charge in [0.25, 0.3) is 17.5 Å². The highest BCUT2D eigenvalue weighted by Gasteiger charge is 2.20. The molecule has 2 aromatic carbocycles. The van der Waals surface area contributed by atoms with Crippen LogP contribution in [0.2, 0.25) is 0 Å². The maximum atomic E-state index is 12.7. The molecule has 0 aliphatic carbocycles. The molecule has 2 aromatic rings. The number of carbonyl (C=O) groups is 3. The summed E-state index contributed by atoms with van der Waals surface area (Å²) in [7, 11) is 0. The van der Waals surface area contributed by atoms with Crippen molar-refractivity contribution in [3.05, 3.63) is 81.0 Å². The zero-order valence-corrected chi connectivity index (χ0v) is 18.2. The Morgan fingerprint density at radius 2 is 1.72 bits per heavy atom. The van der Waals surface area contributed by atoms with E-state index in [0.717, 1.165) is 5.56 Å². The lowest BCUT2D eigenvalue weighted by Crippen LogP contribution is -2.42. The molecule has 3 N–H and O–H groups in total. The van der Waals surface area contributed by atoms with Crippen LogP contribution in [0, 0.1) is 10.1 Å². The molecule has 0 aliphatic heterocycles. The number of nitro benzene ring substituents is 1. The van der Waals surface area contributed by atoms with Crippen LogP contribution in [-0.2, 0) is 15.0 Å². The largest absolute Gasteiger partial charge is 0.480 e. The van der Waals surface area contributed by atoms with Gasteiger partial charge < -0.3 is 15.7 Å². The van der Waals surface area contributed by atoms with E-state index in [1.54, 1.807) is 12.1 Å². The highest BCUT2D eigenvalue weighted by molar-refractivity contribution is 6.06. The molecule has 2 amide bonds. The number of carboxylic acids is 1. The molecule has 0 radical (unpaired) electrons. The van der Waals surface area contributed by atoms with Crippen LogP contribution in [0.3, 0.4) is 0 Å². The lowest BCUT2D eigenvalue weighted by molar-refractivity contribution is -0.384. The minimum absolute atomic E-state index is 0.102. The number of amides is 2. The van der Waals surface area contributed by atoms with E-state index in [4.69, 9.17) is 5.11 Å². The summed E-state index contributed by atoms with van der Waals surface area (Å²) in [5.41, 5.74) is 1.06. The van der Waals surface area contributed by atoms with E-state index >= 15 is 0 Å². The van der Waals surface area contributed by atoms with Crippen molar-refractivity contribution in [1.82, 2.24) is 10.6 Å².